The maximum atomic E-state index is 15.6. The number of hydrogen-bond acceptors (Lipinski definition) is 4. The molecule has 3 aliphatic rings. The van der Waals surface area contributed by atoms with Crippen LogP contribution in [0.15, 0.2) is 29.2 Å². The molecule has 3 fully saturated rings. The molecule has 2 unspecified atom stereocenters. The minimum absolute atomic E-state index is 0.0683. The molecule has 2 atom stereocenters. The second-order valence-corrected chi connectivity index (χ2v) is 9.19. The molecule has 2 aliphatic heterocycles. The number of carbonyl (C=O) groups is 1. The van der Waals surface area contributed by atoms with Crippen LogP contribution in [-0.2, 0) is 0 Å². The molecule has 2 aromatic rings. The first kappa shape index (κ1) is 20.8. The topological polar surface area (TPSA) is 74.6 Å². The van der Waals surface area contributed by atoms with E-state index in [1.807, 2.05) is 9.47 Å². The number of anilines is 1. The summed E-state index contributed by atoms with van der Waals surface area (Å²) in [5.41, 5.74) is 0.988. The molecule has 0 bridgehead atoms. The Bertz CT molecular complexity index is 1250. The number of aromatic nitrogens is 1. The number of nitrogens with zero attached hydrogens (tertiary/aromatic N) is 2. The van der Waals surface area contributed by atoms with Crippen LogP contribution in [0.5, 0.6) is 0 Å². The van der Waals surface area contributed by atoms with Crippen molar-refractivity contribution in [3.8, 4) is 11.8 Å². The van der Waals surface area contributed by atoms with Crippen molar-refractivity contribution in [2.75, 3.05) is 24.5 Å². The summed E-state index contributed by atoms with van der Waals surface area (Å²) in [4.78, 5) is 26.7. The minimum atomic E-state index is -1.31. The van der Waals surface area contributed by atoms with Crippen molar-refractivity contribution < 1.29 is 14.3 Å². The van der Waals surface area contributed by atoms with E-state index in [4.69, 9.17) is 0 Å². The van der Waals surface area contributed by atoms with Crippen LogP contribution in [0, 0.1) is 23.6 Å². The van der Waals surface area contributed by atoms with E-state index in [-0.39, 0.29) is 17.0 Å². The summed E-state index contributed by atoms with van der Waals surface area (Å²) < 4.78 is 17.5. The van der Waals surface area contributed by atoms with E-state index < -0.39 is 17.2 Å². The van der Waals surface area contributed by atoms with Gasteiger partial charge in [0.15, 0.2) is 0 Å². The van der Waals surface area contributed by atoms with Crippen molar-refractivity contribution in [1.29, 1.82) is 0 Å². The highest BCUT2D eigenvalue weighted by Gasteiger charge is 2.37. The van der Waals surface area contributed by atoms with Crippen LogP contribution in [0.3, 0.4) is 0 Å². The Morgan fingerprint density at radius 3 is 2.75 bits per heavy atom. The lowest BCUT2D eigenvalue weighted by Gasteiger charge is -2.24. The molecule has 5 rings (SSSR count). The van der Waals surface area contributed by atoms with Crippen LogP contribution in [0.25, 0.3) is 10.9 Å². The van der Waals surface area contributed by atoms with Gasteiger partial charge in [0.2, 0.25) is 5.43 Å². The third-order valence-corrected chi connectivity index (χ3v) is 6.73. The average molecular weight is 435 g/mol. The molecule has 2 N–H and O–H groups in total. The Balaban J connectivity index is 1.79. The number of rotatable bonds is 3. The number of aromatic carboxylic acids is 1. The quantitative estimate of drug-likeness (QED) is 0.724. The van der Waals surface area contributed by atoms with Crippen molar-refractivity contribution in [2.45, 2.75) is 44.7 Å². The number of pyridine rings is 1. The molecule has 0 amide bonds. The number of nitrogens with one attached hydrogen (secondary N) is 1. The van der Waals surface area contributed by atoms with Gasteiger partial charge in [0.05, 0.1) is 22.2 Å². The van der Waals surface area contributed by atoms with Crippen molar-refractivity contribution in [3.63, 3.8) is 0 Å². The van der Waals surface area contributed by atoms with Gasteiger partial charge in [-0.2, -0.15) is 0 Å². The first-order valence-corrected chi connectivity index (χ1v) is 11.2. The van der Waals surface area contributed by atoms with Gasteiger partial charge in [0, 0.05) is 31.4 Å². The molecular formula is C25H26FN3O3. The molecule has 2 saturated heterocycles. The number of allylic oxidation sites excluding steroid dienone is 1. The summed E-state index contributed by atoms with van der Waals surface area (Å²) in [5, 5.41) is 13.2. The normalized spacial score (nSPS) is 22.4. The van der Waals surface area contributed by atoms with Gasteiger partial charge in [0.1, 0.15) is 11.4 Å². The summed E-state index contributed by atoms with van der Waals surface area (Å²) in [6, 6.07) is 1.60. The van der Waals surface area contributed by atoms with Gasteiger partial charge in [-0.05, 0) is 56.7 Å². The van der Waals surface area contributed by atoms with Gasteiger partial charge in [0.25, 0.3) is 0 Å². The Morgan fingerprint density at radius 2 is 2.09 bits per heavy atom. The first-order chi connectivity index (χ1) is 15.3. The van der Waals surface area contributed by atoms with E-state index >= 15 is 4.39 Å². The zero-order valence-corrected chi connectivity index (χ0v) is 18.1. The summed E-state index contributed by atoms with van der Waals surface area (Å²) >= 11 is 0. The van der Waals surface area contributed by atoms with Crippen molar-refractivity contribution in [3.05, 3.63) is 51.6 Å². The predicted molar refractivity (Wildman–Crippen MR) is 122 cm³/mol. The third kappa shape index (κ3) is 3.49. The van der Waals surface area contributed by atoms with Crippen LogP contribution < -0.4 is 15.6 Å². The highest BCUT2D eigenvalue weighted by atomic mass is 19.1. The zero-order valence-electron chi connectivity index (χ0n) is 18.1. The van der Waals surface area contributed by atoms with Crippen LogP contribution in [-0.4, -0.2) is 41.3 Å². The smallest absolute Gasteiger partial charge is 0.341 e. The van der Waals surface area contributed by atoms with Gasteiger partial charge in [-0.3, -0.25) is 4.79 Å². The molecule has 166 valence electrons. The van der Waals surface area contributed by atoms with Crippen LogP contribution >= 0.6 is 0 Å². The maximum Gasteiger partial charge on any atom is 0.341 e. The Kier molecular flexibility index (Phi) is 5.06. The second-order valence-electron chi connectivity index (χ2n) is 9.19. The SMILES string of the molecule is C=C(C)C#Cc1c(N2CC3CCCNC3C2)c(F)cc2c(=O)c(C(=O)O)cn(C3CC3)c12. The third-order valence-electron chi connectivity index (χ3n) is 6.73. The Hall–Kier alpha value is -3.11. The molecule has 7 heteroatoms. The summed E-state index contributed by atoms with van der Waals surface area (Å²) in [6.07, 6.45) is 5.38. The largest absolute Gasteiger partial charge is 0.477 e. The van der Waals surface area contributed by atoms with E-state index in [1.54, 1.807) is 6.92 Å². The lowest BCUT2D eigenvalue weighted by molar-refractivity contribution is 0.0695. The number of halogens is 1. The van der Waals surface area contributed by atoms with Gasteiger partial charge in [-0.1, -0.05) is 18.4 Å². The fraction of sp³-hybridized carbons (Fsp3) is 0.440. The van der Waals surface area contributed by atoms with Crippen molar-refractivity contribution >= 4 is 22.6 Å². The molecule has 0 spiro atoms. The van der Waals surface area contributed by atoms with Crippen LogP contribution in [0.4, 0.5) is 10.1 Å². The van der Waals surface area contributed by atoms with Gasteiger partial charge in [-0.25, -0.2) is 9.18 Å². The van der Waals surface area contributed by atoms with E-state index in [1.165, 1.54) is 12.3 Å². The van der Waals surface area contributed by atoms with Crippen molar-refractivity contribution in [1.82, 2.24) is 9.88 Å². The molecule has 1 saturated carbocycles. The Labute approximate surface area is 185 Å². The predicted octanol–water partition coefficient (Wildman–Crippen LogP) is 3.29. The maximum absolute atomic E-state index is 15.6. The van der Waals surface area contributed by atoms with E-state index in [0.29, 0.717) is 40.8 Å². The average Bonchev–Trinajstić information content (AvgIpc) is 3.50. The number of piperidine rings is 1. The van der Waals surface area contributed by atoms with E-state index in [2.05, 4.69) is 23.7 Å². The molecule has 1 aromatic heterocycles. The minimum Gasteiger partial charge on any atom is -0.477 e. The van der Waals surface area contributed by atoms with Gasteiger partial charge >= 0.3 is 5.97 Å². The molecule has 1 aliphatic carbocycles. The van der Waals surface area contributed by atoms with E-state index in [0.717, 1.165) is 38.8 Å². The summed E-state index contributed by atoms with van der Waals surface area (Å²) in [6.45, 7) is 7.99. The van der Waals surface area contributed by atoms with Gasteiger partial charge in [-0.15, -0.1) is 0 Å². The number of fused-ring (bicyclic) bond motifs is 2. The van der Waals surface area contributed by atoms with Gasteiger partial charge < -0.3 is 19.9 Å². The molecule has 3 heterocycles. The first-order valence-electron chi connectivity index (χ1n) is 11.2. The Morgan fingerprint density at radius 1 is 1.31 bits per heavy atom. The monoisotopic (exact) mass is 435 g/mol. The standard InChI is InChI=1S/C25H26FN3O3/c1-14(2)5-8-17-22-18(24(30)19(25(31)32)12-29(22)16-6-7-16)10-20(26)23(17)28-11-15-4-3-9-27-21(15)13-28/h10,12,15-16,21,27H,1,3-4,6-7,9,11,13H2,2H3,(H,31,32). The number of carboxylic acid groups (broad SMARTS) is 1. The summed E-state index contributed by atoms with van der Waals surface area (Å²) in [5.74, 6) is 4.66. The molecule has 32 heavy (non-hydrogen) atoms. The number of carboxylic acids is 1. The fourth-order valence-corrected chi connectivity index (χ4v) is 5.10. The highest BCUT2D eigenvalue weighted by molar-refractivity contribution is 5.97. The zero-order chi connectivity index (χ0) is 22.6. The lowest BCUT2D eigenvalue weighted by atomic mass is 9.94. The van der Waals surface area contributed by atoms with E-state index in [9.17, 15) is 14.7 Å². The fourth-order valence-electron chi connectivity index (χ4n) is 5.10. The lowest BCUT2D eigenvalue weighted by Crippen LogP contribution is -2.40. The van der Waals surface area contributed by atoms with Crippen molar-refractivity contribution in [2.24, 2.45) is 5.92 Å². The number of benzene rings is 1. The summed E-state index contributed by atoms with van der Waals surface area (Å²) in [7, 11) is 0. The molecule has 0 radical (unpaired) electrons. The van der Waals surface area contributed by atoms with Crippen LogP contribution in [0.1, 0.15) is 54.6 Å². The molecule has 1 aromatic carbocycles. The second kappa shape index (κ2) is 7.79. The number of hydrogen-bond donors (Lipinski definition) is 2. The highest BCUT2D eigenvalue weighted by Crippen LogP contribution is 2.41. The molecular weight excluding hydrogens is 409 g/mol. The van der Waals surface area contributed by atoms with Crippen LogP contribution in [0.2, 0.25) is 0 Å². The molecule has 6 nitrogen and oxygen atoms in total.